The number of primary amides is 2. The molecule has 0 aliphatic rings. The Balaban J connectivity index is 4.84. The molecule has 0 aromatic heterocycles. The molecule has 11 N–H and O–H groups in total. The largest absolute Gasteiger partial charge is 0.480 e. The minimum atomic E-state index is -1.62. The molecule has 0 rings (SSSR count). The van der Waals surface area contributed by atoms with Gasteiger partial charge in [0.2, 0.25) is 29.5 Å². The molecule has 0 aromatic carbocycles. The van der Waals surface area contributed by atoms with Crippen molar-refractivity contribution in [2.75, 3.05) is 13.2 Å². The Kier molecular flexibility index (Phi) is 10.8. The van der Waals surface area contributed by atoms with Crippen LogP contribution in [0.3, 0.4) is 0 Å². The molecule has 3 unspecified atom stereocenters. The SMILES string of the molecule is NC(=O)CCC(NC(=O)CNC(=O)C(N)CC(N)=O)C(=O)NC(CO)C(=O)O. The van der Waals surface area contributed by atoms with Crippen molar-refractivity contribution < 1.29 is 39.0 Å². The second-order valence-electron chi connectivity index (χ2n) is 5.70. The Bertz CT molecular complexity index is 625. The van der Waals surface area contributed by atoms with Crippen LogP contribution in [0.5, 0.6) is 0 Å². The van der Waals surface area contributed by atoms with Crippen molar-refractivity contribution in [2.24, 2.45) is 17.2 Å². The number of carboxylic acid groups (broad SMARTS) is 1. The quantitative estimate of drug-likeness (QED) is 0.145. The van der Waals surface area contributed by atoms with Gasteiger partial charge in [0.25, 0.3) is 0 Å². The zero-order chi connectivity index (χ0) is 21.9. The summed E-state index contributed by atoms with van der Waals surface area (Å²) in [5, 5.41) is 24.1. The van der Waals surface area contributed by atoms with Crippen LogP contribution in [0.2, 0.25) is 0 Å². The van der Waals surface area contributed by atoms with E-state index in [0.29, 0.717) is 0 Å². The Hall–Kier alpha value is -3.26. The Morgan fingerprint density at radius 3 is 1.96 bits per heavy atom. The number of aliphatic carboxylic acids is 1. The van der Waals surface area contributed by atoms with Crippen molar-refractivity contribution in [3.8, 4) is 0 Å². The number of aliphatic hydroxyl groups excluding tert-OH is 1. The van der Waals surface area contributed by atoms with Crippen LogP contribution in [0.25, 0.3) is 0 Å². The van der Waals surface area contributed by atoms with Crippen LogP contribution in [0.15, 0.2) is 0 Å². The number of aliphatic hydroxyl groups is 1. The molecule has 0 aromatic rings. The van der Waals surface area contributed by atoms with E-state index in [0.717, 1.165) is 0 Å². The third-order valence-electron chi connectivity index (χ3n) is 3.31. The van der Waals surface area contributed by atoms with Crippen LogP contribution in [-0.4, -0.2) is 77.0 Å². The first kappa shape index (κ1) is 24.7. The molecule has 0 aliphatic heterocycles. The first-order valence-electron chi connectivity index (χ1n) is 8.01. The van der Waals surface area contributed by atoms with Crippen molar-refractivity contribution >= 4 is 35.5 Å². The maximum absolute atomic E-state index is 12.1. The van der Waals surface area contributed by atoms with Gasteiger partial charge in [-0.15, -0.1) is 0 Å². The molecule has 0 saturated heterocycles. The van der Waals surface area contributed by atoms with E-state index >= 15 is 0 Å². The van der Waals surface area contributed by atoms with Gasteiger partial charge in [-0.25, -0.2) is 4.79 Å². The molecular weight excluding hydrogens is 380 g/mol. The highest BCUT2D eigenvalue weighted by Crippen LogP contribution is 1.99. The lowest BCUT2D eigenvalue weighted by Gasteiger charge is -2.20. The summed E-state index contributed by atoms with van der Waals surface area (Å²) in [4.78, 5) is 68.1. The van der Waals surface area contributed by atoms with E-state index in [2.05, 4.69) is 10.6 Å². The minimum absolute atomic E-state index is 0.250. The van der Waals surface area contributed by atoms with E-state index in [-0.39, 0.29) is 12.8 Å². The van der Waals surface area contributed by atoms with E-state index in [1.165, 1.54) is 0 Å². The first-order valence-corrected chi connectivity index (χ1v) is 8.01. The van der Waals surface area contributed by atoms with Gasteiger partial charge in [0.05, 0.1) is 25.6 Å². The number of rotatable bonds is 13. The minimum Gasteiger partial charge on any atom is -0.480 e. The average molecular weight is 404 g/mol. The number of carbonyl (C=O) groups excluding carboxylic acids is 5. The fraction of sp³-hybridized carbons (Fsp3) is 0.571. The number of carboxylic acids is 1. The molecule has 0 heterocycles. The van der Waals surface area contributed by atoms with E-state index in [1.807, 2.05) is 5.32 Å². The van der Waals surface area contributed by atoms with Crippen molar-refractivity contribution in [3.05, 3.63) is 0 Å². The molecular formula is C14H24N6O8. The highest BCUT2D eigenvalue weighted by atomic mass is 16.4. The van der Waals surface area contributed by atoms with Crippen LogP contribution in [0.1, 0.15) is 19.3 Å². The first-order chi connectivity index (χ1) is 13.0. The summed E-state index contributed by atoms with van der Waals surface area (Å²) < 4.78 is 0. The lowest BCUT2D eigenvalue weighted by molar-refractivity contribution is -0.143. The van der Waals surface area contributed by atoms with Crippen molar-refractivity contribution in [3.63, 3.8) is 0 Å². The predicted molar refractivity (Wildman–Crippen MR) is 91.8 cm³/mol. The molecule has 3 atom stereocenters. The molecule has 0 bridgehead atoms. The Morgan fingerprint density at radius 2 is 1.50 bits per heavy atom. The summed E-state index contributed by atoms with van der Waals surface area (Å²) in [6, 6.07) is -4.24. The van der Waals surface area contributed by atoms with Gasteiger partial charge in [0, 0.05) is 6.42 Å². The van der Waals surface area contributed by atoms with Gasteiger partial charge in [0.15, 0.2) is 0 Å². The van der Waals surface area contributed by atoms with E-state index < -0.39 is 73.2 Å². The molecule has 0 radical (unpaired) electrons. The number of amides is 5. The summed E-state index contributed by atoms with van der Waals surface area (Å²) in [6.07, 6.45) is -0.986. The third kappa shape index (κ3) is 10.0. The Morgan fingerprint density at radius 1 is 0.893 bits per heavy atom. The zero-order valence-electron chi connectivity index (χ0n) is 14.8. The fourth-order valence-electron chi connectivity index (χ4n) is 1.87. The van der Waals surface area contributed by atoms with Crippen molar-refractivity contribution in [1.29, 1.82) is 0 Å². The smallest absolute Gasteiger partial charge is 0.328 e. The maximum atomic E-state index is 12.1. The monoisotopic (exact) mass is 404 g/mol. The zero-order valence-corrected chi connectivity index (χ0v) is 14.8. The molecule has 0 aliphatic carbocycles. The summed E-state index contributed by atoms with van der Waals surface area (Å²) in [5.74, 6) is -5.76. The molecule has 28 heavy (non-hydrogen) atoms. The van der Waals surface area contributed by atoms with Crippen LogP contribution >= 0.6 is 0 Å². The van der Waals surface area contributed by atoms with Crippen LogP contribution < -0.4 is 33.2 Å². The van der Waals surface area contributed by atoms with Gasteiger partial charge in [0.1, 0.15) is 12.1 Å². The molecule has 0 fully saturated rings. The number of nitrogens with one attached hydrogen (secondary N) is 3. The van der Waals surface area contributed by atoms with E-state index in [9.17, 15) is 28.8 Å². The van der Waals surface area contributed by atoms with Crippen LogP contribution in [0, 0.1) is 0 Å². The third-order valence-corrected chi connectivity index (χ3v) is 3.31. The number of nitrogens with two attached hydrogens (primary N) is 3. The summed E-state index contributed by atoms with van der Waals surface area (Å²) >= 11 is 0. The second-order valence-corrected chi connectivity index (χ2v) is 5.70. The van der Waals surface area contributed by atoms with E-state index in [4.69, 9.17) is 27.4 Å². The highest BCUT2D eigenvalue weighted by molar-refractivity contribution is 5.93. The van der Waals surface area contributed by atoms with Gasteiger partial charge < -0.3 is 43.4 Å². The second kappa shape index (κ2) is 12.2. The lowest BCUT2D eigenvalue weighted by Crippen LogP contribution is -2.54. The summed E-state index contributed by atoms with van der Waals surface area (Å²) in [6.45, 7) is -1.51. The number of hydrogen-bond acceptors (Lipinski definition) is 8. The Labute approximate surface area is 159 Å². The van der Waals surface area contributed by atoms with Gasteiger partial charge in [-0.05, 0) is 6.42 Å². The van der Waals surface area contributed by atoms with Crippen LogP contribution in [0.4, 0.5) is 0 Å². The molecule has 14 heteroatoms. The molecule has 158 valence electrons. The summed E-state index contributed by atoms with van der Waals surface area (Å²) in [7, 11) is 0. The molecule has 5 amide bonds. The van der Waals surface area contributed by atoms with Crippen molar-refractivity contribution in [2.45, 2.75) is 37.4 Å². The fourth-order valence-corrected chi connectivity index (χ4v) is 1.87. The van der Waals surface area contributed by atoms with E-state index in [1.54, 1.807) is 0 Å². The predicted octanol–water partition coefficient (Wildman–Crippen LogP) is -5.38. The average Bonchev–Trinajstić information content (AvgIpc) is 2.59. The van der Waals surface area contributed by atoms with Gasteiger partial charge in [-0.3, -0.25) is 24.0 Å². The van der Waals surface area contributed by atoms with Crippen molar-refractivity contribution in [1.82, 2.24) is 16.0 Å². The topological polar surface area (TPSA) is 257 Å². The normalized spacial score (nSPS) is 13.5. The highest BCUT2D eigenvalue weighted by Gasteiger charge is 2.26. The molecule has 0 saturated carbocycles. The molecule has 14 nitrogen and oxygen atoms in total. The van der Waals surface area contributed by atoms with Gasteiger partial charge >= 0.3 is 5.97 Å². The standard InChI is InChI=1S/C14H24N6O8/c15-6(3-10(17)23)12(25)18-4-11(24)19-7(1-2-9(16)22)13(26)20-8(5-21)14(27)28/h6-8,21H,1-5,15H2,(H2,16,22)(H2,17,23)(H,18,25)(H,19,24)(H,20,26)(H,27,28). The van der Waals surface area contributed by atoms with Gasteiger partial charge in [-0.2, -0.15) is 0 Å². The van der Waals surface area contributed by atoms with Crippen LogP contribution in [-0.2, 0) is 28.8 Å². The maximum Gasteiger partial charge on any atom is 0.328 e. The summed E-state index contributed by atoms with van der Waals surface area (Å²) in [5.41, 5.74) is 15.3. The van der Waals surface area contributed by atoms with Gasteiger partial charge in [-0.1, -0.05) is 0 Å². The lowest BCUT2D eigenvalue weighted by atomic mass is 10.1. The molecule has 0 spiro atoms. The number of hydrogen-bond donors (Lipinski definition) is 8. The number of carbonyl (C=O) groups is 6.